The summed E-state index contributed by atoms with van der Waals surface area (Å²) < 4.78 is 355. The maximum atomic E-state index is 9.87. The Morgan fingerprint density at radius 3 is 0.338 bits per heavy atom. The van der Waals surface area contributed by atoms with Crippen molar-refractivity contribution in [3.8, 4) is 164 Å². The number of hydrogen-bond acceptors (Lipinski definition) is 22. The van der Waals surface area contributed by atoms with Gasteiger partial charge in [-0.3, -0.25) is 39.9 Å². The maximum Gasteiger partial charge on any atom is 3.00 e. The van der Waals surface area contributed by atoms with E-state index in [-0.39, 0.29) is 34.7 Å². The molecule has 12 aromatic heterocycles. The third kappa shape index (κ3) is 131. The summed E-state index contributed by atoms with van der Waals surface area (Å²) in [5.74, 6) is 6.65. The molecule has 0 spiro atoms. The summed E-state index contributed by atoms with van der Waals surface area (Å²) in [6, 6.07) is 83.3. The molecule has 0 saturated heterocycles. The average Bonchev–Trinajstić information content (AvgIpc) is 0.797. The van der Waals surface area contributed by atoms with E-state index in [1.165, 1.54) is 69.2 Å². The van der Waals surface area contributed by atoms with Crippen molar-refractivity contribution in [1.29, 1.82) is 52.6 Å². The van der Waals surface area contributed by atoms with Crippen LogP contribution in [-0.2, 0) is 34.7 Å². The molecule has 12 aromatic rings. The number of nitrogens with zero attached hydrogens (tertiary/aromatic N) is 22. The topological polar surface area (TPSA) is 393 Å². The van der Waals surface area contributed by atoms with Crippen LogP contribution in [0.2, 0.25) is 0 Å². The van der Waals surface area contributed by atoms with Gasteiger partial charge in [-0.2, -0.15) is 52.6 Å². The number of hydrogen-bond donors (Lipinski definition) is 0. The van der Waals surface area contributed by atoms with Gasteiger partial charge in [0.2, 0.25) is 0 Å². The second kappa shape index (κ2) is 59.9. The fraction of sp³-hybridized carbons (Fsp3) is 0.122. The van der Waals surface area contributed by atoms with E-state index in [1.807, 2.05) is 206 Å². The monoisotopic (exact) mass is 2340 g/mol. The SMILES string of the molecule is C(#Cc1cc(-c2ccccn2)nc(-c2ccccn2)c1)c1cc(-c2ccccn2)nc(-c2ccccn2)c1.CC#N.CC#N.CC#N.CC#N.CC#N.CC#N.CC#N.CC#N.CC#N.CC#N.F[P-](F)(F)(F)(F)F.F[P-](F)(F)(F)(F)F.F[P-](F)(F)(F)(F)F.F[P-](F)(F)(F)(F)F.F[P-](F)(F)(F)(F)F.F[P-](F)(F)(F)(F)F.[Cr+3].[Cr+3].c1ccc(-c2cccc(-c3ccccn3)n2)nc1.c1ccc(-c2cccc(-c3ccccn3)n2)nc1. The summed E-state index contributed by atoms with van der Waals surface area (Å²) in [6.45, 7) is 14.3. The summed E-state index contributed by atoms with van der Waals surface area (Å²) in [6.07, 6.45) is 14.1. The molecular weight excluding hydrogens is 2270 g/mol. The van der Waals surface area contributed by atoms with Crippen molar-refractivity contribution < 1.29 is 186 Å². The van der Waals surface area contributed by atoms with Crippen LogP contribution in [0.1, 0.15) is 80.4 Å². The van der Waals surface area contributed by atoms with E-state index in [0.717, 1.165) is 102 Å². The van der Waals surface area contributed by atoms with Crippen molar-refractivity contribution in [3.63, 3.8) is 0 Å². The molecule has 804 valence electrons. The van der Waals surface area contributed by atoms with E-state index < -0.39 is 46.9 Å². The van der Waals surface area contributed by atoms with Gasteiger partial charge in [0.1, 0.15) is 0 Å². The normalized spacial score (nSPS) is 12.3. The Balaban J connectivity index is -0.000000217. The Hall–Kier alpha value is -14.6. The van der Waals surface area contributed by atoms with E-state index in [2.05, 4.69) is 61.7 Å². The fourth-order valence-corrected chi connectivity index (χ4v) is 7.43. The van der Waals surface area contributed by atoms with E-state index in [9.17, 15) is 151 Å². The molecule has 22 nitrogen and oxygen atoms in total. The standard InChI is InChI=1S/C32H20N6.2C15H11N3.10C2H3N.2Cr.6F6P/c1-5-15-33-25(9-1)29-19-23(20-30(37-29)26-10-2-6-16-34-26)13-14-24-21-31(27-11-3-7-17-35-27)38-32(22-24)28-12-4-8-18-36-28;2*1-3-10-16-12(6-1)14-8-5-9-15(18-14)13-7-2-4-11-17-13;10*1-2-3;;;6*1-7(2,3,4,5)6/h1-12,15-22H;2*1-11H;10*1H3;;;;;;;;/q;;;;;;;;;;;;;2*+3;6*-1. The van der Waals surface area contributed by atoms with Gasteiger partial charge in [0, 0.05) is 130 Å². The van der Waals surface area contributed by atoms with Gasteiger partial charge in [0.15, 0.2) is 0 Å². The van der Waals surface area contributed by atoms with Crippen LogP contribution in [0.3, 0.4) is 0 Å². The molecule has 12 rings (SSSR count). The molecule has 0 aliphatic rings. The molecular formula is C82H72Cr2F36N22P6. The van der Waals surface area contributed by atoms with E-state index in [1.54, 1.807) is 110 Å². The molecule has 0 aliphatic heterocycles. The van der Waals surface area contributed by atoms with Crippen molar-refractivity contribution >= 4 is 46.9 Å². The summed E-state index contributed by atoms with van der Waals surface area (Å²) in [5, 5.41) is 73.2. The van der Waals surface area contributed by atoms with Crippen LogP contribution in [-0.4, -0.2) is 59.8 Å². The zero-order valence-corrected chi connectivity index (χ0v) is 84.1. The molecule has 0 saturated carbocycles. The van der Waals surface area contributed by atoms with E-state index in [0.29, 0.717) is 0 Å². The molecule has 66 heteroatoms. The largest absolute Gasteiger partial charge is 3.00 e. The molecule has 0 atom stereocenters. The smallest absolute Gasteiger partial charge is 0.255 e. The zero-order valence-electron chi connectivity index (χ0n) is 76.2. The molecule has 0 fully saturated rings. The Morgan fingerprint density at radius 1 is 0.155 bits per heavy atom. The molecule has 0 unspecified atom stereocenters. The van der Waals surface area contributed by atoms with Gasteiger partial charge in [-0.05, 0) is 146 Å². The molecule has 0 amide bonds. The predicted octanol–water partition coefficient (Wildman–Crippen LogP) is 38.1. The second-order valence-electron chi connectivity index (χ2n) is 24.0. The summed E-state index contributed by atoms with van der Waals surface area (Å²) >= 11 is 0. The number of rotatable bonds is 8. The molecule has 12 heterocycles. The van der Waals surface area contributed by atoms with Crippen LogP contribution in [0.5, 0.6) is 0 Å². The Morgan fingerprint density at radius 2 is 0.243 bits per heavy atom. The van der Waals surface area contributed by atoms with Crippen molar-refractivity contribution in [3.05, 3.63) is 267 Å². The maximum absolute atomic E-state index is 10.7. The fourth-order valence-electron chi connectivity index (χ4n) is 7.43. The van der Waals surface area contributed by atoms with Crippen LogP contribution < -0.4 is 0 Å². The molecule has 0 N–H and O–H groups in total. The minimum absolute atomic E-state index is 0. The Labute approximate surface area is 840 Å². The van der Waals surface area contributed by atoms with Gasteiger partial charge in [-0.1, -0.05) is 72.5 Å². The van der Waals surface area contributed by atoms with Gasteiger partial charge in [-0.15, -0.1) is 0 Å². The Kier molecular flexibility index (Phi) is 61.1. The summed E-state index contributed by atoms with van der Waals surface area (Å²) in [7, 11) is -63.9. The van der Waals surface area contributed by atoms with Crippen LogP contribution in [0.25, 0.3) is 91.1 Å². The van der Waals surface area contributed by atoms with Crippen LogP contribution in [0.4, 0.5) is 151 Å². The third-order valence-electron chi connectivity index (χ3n) is 10.9. The molecule has 148 heavy (non-hydrogen) atoms. The van der Waals surface area contributed by atoms with Crippen molar-refractivity contribution in [2.75, 3.05) is 0 Å². The second-order valence-corrected chi connectivity index (χ2v) is 35.5. The summed E-state index contributed by atoms with van der Waals surface area (Å²) in [5.41, 5.74) is 14.5. The minimum Gasteiger partial charge on any atom is -0.255 e. The number of aromatic nitrogens is 12. The first kappa shape index (κ1) is 151. The Bertz CT molecular complexity index is 5540. The van der Waals surface area contributed by atoms with Crippen LogP contribution >= 0.6 is 46.9 Å². The van der Waals surface area contributed by atoms with Gasteiger partial charge in [0.25, 0.3) is 0 Å². The van der Waals surface area contributed by atoms with Gasteiger partial charge >= 0.3 is 233 Å². The van der Waals surface area contributed by atoms with E-state index in [4.69, 9.17) is 62.6 Å². The van der Waals surface area contributed by atoms with Gasteiger partial charge < -0.3 is 0 Å². The first-order chi connectivity index (χ1) is 65.5. The number of pyridine rings is 12. The van der Waals surface area contributed by atoms with Gasteiger partial charge in [0.05, 0.1) is 152 Å². The number of halogens is 36. The average molecular weight is 2340 g/mol. The van der Waals surface area contributed by atoms with Gasteiger partial charge in [-0.25, -0.2) is 19.9 Å². The first-order valence-electron chi connectivity index (χ1n) is 36.8. The molecule has 0 aromatic carbocycles. The molecule has 0 aliphatic carbocycles. The van der Waals surface area contributed by atoms with Crippen LogP contribution in [0.15, 0.2) is 256 Å². The van der Waals surface area contributed by atoms with Crippen molar-refractivity contribution in [1.82, 2.24) is 59.8 Å². The molecule has 2 radical (unpaired) electrons. The minimum atomic E-state index is -10.7. The zero-order chi connectivity index (χ0) is 116. The van der Waals surface area contributed by atoms with Crippen molar-refractivity contribution in [2.45, 2.75) is 69.2 Å². The quantitative estimate of drug-likeness (QED) is 0.0774. The summed E-state index contributed by atoms with van der Waals surface area (Å²) in [4.78, 5) is 53.9. The third-order valence-corrected chi connectivity index (χ3v) is 10.9. The first-order valence-corrected chi connectivity index (χ1v) is 49.0. The van der Waals surface area contributed by atoms with E-state index >= 15 is 0 Å². The van der Waals surface area contributed by atoms with Crippen LogP contribution in [0, 0.1) is 125 Å². The number of nitriles is 10. The molecule has 0 bridgehead atoms. The van der Waals surface area contributed by atoms with Crippen molar-refractivity contribution in [2.24, 2.45) is 0 Å². The predicted molar refractivity (Wildman–Crippen MR) is 483 cm³/mol.